The van der Waals surface area contributed by atoms with Crippen molar-refractivity contribution in [2.24, 2.45) is 23.2 Å². The van der Waals surface area contributed by atoms with Crippen molar-refractivity contribution in [3.8, 4) is 0 Å². The van der Waals surface area contributed by atoms with Gasteiger partial charge in [-0.2, -0.15) is 26.3 Å². The maximum Gasteiger partial charge on any atom is 0.426 e. The Hall–Kier alpha value is -1.28. The average molecular weight is 509 g/mol. The molecule has 2 N–H and O–H groups in total. The molecule has 3 saturated carbocycles. The van der Waals surface area contributed by atoms with Crippen molar-refractivity contribution in [2.45, 2.75) is 109 Å². The molecule has 0 amide bonds. The van der Waals surface area contributed by atoms with E-state index in [0.717, 1.165) is 56.1 Å². The zero-order chi connectivity index (χ0) is 26.2. The smallest absolute Gasteiger partial charge is 0.393 e. The zero-order valence-electron chi connectivity index (χ0n) is 20.6. The molecule has 8 heteroatoms. The SMILES string of the molecule is C=C1CC[C@@H](O)C/C1=C/C=C1\CCC[C@]2(C)[C@@H]([C@H](C)CCCC(O)(C(F)(F)F)C(F)(F)F)CC[C@@H]12. The van der Waals surface area contributed by atoms with Crippen LogP contribution in [-0.4, -0.2) is 34.3 Å². The molecule has 200 valence electrons. The van der Waals surface area contributed by atoms with Crippen molar-refractivity contribution in [3.63, 3.8) is 0 Å². The number of fused-ring (bicyclic) bond motifs is 1. The number of alkyl halides is 6. The molecule has 0 bridgehead atoms. The predicted octanol–water partition coefficient (Wildman–Crippen LogP) is 7.82. The number of allylic oxidation sites excluding steroid dienone is 4. The third-order valence-electron chi connectivity index (χ3n) is 9.05. The van der Waals surface area contributed by atoms with Crippen molar-refractivity contribution < 1.29 is 36.6 Å². The first-order chi connectivity index (χ1) is 16.1. The number of halogens is 6. The van der Waals surface area contributed by atoms with Crippen LogP contribution in [0.4, 0.5) is 26.3 Å². The minimum absolute atomic E-state index is 0.0401. The van der Waals surface area contributed by atoms with Crippen LogP contribution in [-0.2, 0) is 0 Å². The largest absolute Gasteiger partial charge is 0.426 e. The van der Waals surface area contributed by atoms with Gasteiger partial charge in [0.1, 0.15) is 0 Å². The van der Waals surface area contributed by atoms with Gasteiger partial charge >= 0.3 is 12.4 Å². The standard InChI is InChI=1S/C27H38F6O2/c1-17-8-11-21(34)16-20(17)10-9-19-7-5-14-24(3)22(12-13-23(19)24)18(2)6-4-15-25(35,26(28,29)30)27(31,32)33/h9-10,18,21-23,34-35H,1,4-8,11-16H2,2-3H3/b19-9+,20-10-/t18-,21-,22-,23+,24-/m1/s1. The van der Waals surface area contributed by atoms with Crippen LogP contribution in [0.1, 0.15) is 84.5 Å². The van der Waals surface area contributed by atoms with Crippen molar-refractivity contribution in [3.05, 3.63) is 35.5 Å². The topological polar surface area (TPSA) is 40.5 Å². The monoisotopic (exact) mass is 508 g/mol. The second-order valence-electron chi connectivity index (χ2n) is 11.3. The van der Waals surface area contributed by atoms with Gasteiger partial charge in [0.05, 0.1) is 6.10 Å². The minimum Gasteiger partial charge on any atom is -0.393 e. The molecule has 5 atom stereocenters. The lowest BCUT2D eigenvalue weighted by atomic mass is 9.60. The molecule has 3 rings (SSSR count). The van der Waals surface area contributed by atoms with Gasteiger partial charge in [-0.15, -0.1) is 0 Å². The van der Waals surface area contributed by atoms with Crippen molar-refractivity contribution in [1.29, 1.82) is 0 Å². The molecule has 2 nitrogen and oxygen atoms in total. The summed E-state index contributed by atoms with van der Waals surface area (Å²) in [4.78, 5) is 0. The Morgan fingerprint density at radius 3 is 2.34 bits per heavy atom. The summed E-state index contributed by atoms with van der Waals surface area (Å²) in [5.41, 5.74) is -1.23. The normalized spacial score (nSPS) is 33.9. The molecular formula is C27H38F6O2. The third-order valence-corrected chi connectivity index (χ3v) is 9.05. The molecule has 0 aromatic carbocycles. The third kappa shape index (κ3) is 5.68. The summed E-state index contributed by atoms with van der Waals surface area (Å²) < 4.78 is 78.0. The van der Waals surface area contributed by atoms with E-state index < -0.39 is 24.4 Å². The zero-order valence-corrected chi connectivity index (χ0v) is 20.6. The minimum atomic E-state index is -5.75. The fourth-order valence-corrected chi connectivity index (χ4v) is 6.93. The quantitative estimate of drug-likeness (QED) is 0.359. The van der Waals surface area contributed by atoms with E-state index in [1.54, 1.807) is 0 Å². The molecule has 3 fully saturated rings. The van der Waals surface area contributed by atoms with Crippen LogP contribution in [0.3, 0.4) is 0 Å². The van der Waals surface area contributed by atoms with Gasteiger partial charge in [0.15, 0.2) is 0 Å². The second kappa shape index (κ2) is 10.2. The van der Waals surface area contributed by atoms with Gasteiger partial charge in [-0.1, -0.05) is 50.1 Å². The molecule has 0 unspecified atom stereocenters. The lowest BCUT2D eigenvalue weighted by Gasteiger charge is -2.44. The highest BCUT2D eigenvalue weighted by Gasteiger charge is 2.69. The molecule has 0 saturated heterocycles. The first-order valence-electron chi connectivity index (χ1n) is 12.7. The van der Waals surface area contributed by atoms with Gasteiger partial charge in [-0.3, -0.25) is 0 Å². The van der Waals surface area contributed by atoms with Gasteiger partial charge < -0.3 is 10.2 Å². The number of aliphatic hydroxyl groups is 2. The van der Waals surface area contributed by atoms with E-state index in [0.29, 0.717) is 12.3 Å². The summed E-state index contributed by atoms with van der Waals surface area (Å²) in [5.74, 6) is 0.506. The van der Waals surface area contributed by atoms with Crippen LogP contribution < -0.4 is 0 Å². The Kier molecular flexibility index (Phi) is 8.27. The Morgan fingerprint density at radius 2 is 1.71 bits per heavy atom. The Bertz CT molecular complexity index is 826. The summed E-state index contributed by atoms with van der Waals surface area (Å²) in [6.45, 7) is 8.26. The summed E-state index contributed by atoms with van der Waals surface area (Å²) in [5, 5.41) is 19.4. The fraction of sp³-hybridized carbons (Fsp3) is 0.778. The van der Waals surface area contributed by atoms with E-state index in [1.165, 1.54) is 5.57 Å². The van der Waals surface area contributed by atoms with Crippen LogP contribution in [0, 0.1) is 23.2 Å². The number of hydrogen-bond acceptors (Lipinski definition) is 2. The van der Waals surface area contributed by atoms with Crippen LogP contribution in [0.15, 0.2) is 35.5 Å². The molecule has 35 heavy (non-hydrogen) atoms. The number of aliphatic hydroxyl groups excluding tert-OH is 1. The fourth-order valence-electron chi connectivity index (χ4n) is 6.93. The van der Waals surface area contributed by atoms with E-state index in [1.807, 2.05) is 6.92 Å². The van der Waals surface area contributed by atoms with Crippen LogP contribution in [0.5, 0.6) is 0 Å². The van der Waals surface area contributed by atoms with Gasteiger partial charge in [0.25, 0.3) is 5.60 Å². The summed E-state index contributed by atoms with van der Waals surface area (Å²) in [6.07, 6.45) is -2.17. The van der Waals surface area contributed by atoms with Gasteiger partial charge in [-0.25, -0.2) is 0 Å². The summed E-state index contributed by atoms with van der Waals surface area (Å²) in [7, 11) is 0. The second-order valence-corrected chi connectivity index (χ2v) is 11.3. The molecule has 0 heterocycles. The molecule has 0 aromatic rings. The van der Waals surface area contributed by atoms with Crippen molar-refractivity contribution >= 4 is 0 Å². The van der Waals surface area contributed by atoms with E-state index in [4.69, 9.17) is 0 Å². The van der Waals surface area contributed by atoms with Crippen LogP contribution in [0.25, 0.3) is 0 Å². The Balaban J connectivity index is 1.68. The summed E-state index contributed by atoms with van der Waals surface area (Å²) in [6, 6.07) is 0. The molecular weight excluding hydrogens is 470 g/mol. The molecule has 3 aliphatic carbocycles. The maximum atomic E-state index is 13.0. The highest BCUT2D eigenvalue weighted by Crippen LogP contribution is 2.60. The Morgan fingerprint density at radius 1 is 1.06 bits per heavy atom. The Labute approximate surface area is 204 Å². The number of rotatable bonds is 6. The predicted molar refractivity (Wildman–Crippen MR) is 123 cm³/mol. The average Bonchev–Trinajstić information content (AvgIpc) is 3.10. The number of hydrogen-bond donors (Lipinski definition) is 2. The van der Waals surface area contributed by atoms with E-state index in [9.17, 15) is 36.6 Å². The van der Waals surface area contributed by atoms with E-state index >= 15 is 0 Å². The molecule has 0 radical (unpaired) electrons. The van der Waals surface area contributed by atoms with E-state index in [2.05, 4.69) is 25.7 Å². The van der Waals surface area contributed by atoms with Crippen molar-refractivity contribution in [1.82, 2.24) is 0 Å². The lowest BCUT2D eigenvalue weighted by molar-refractivity contribution is -0.370. The van der Waals surface area contributed by atoms with Crippen LogP contribution >= 0.6 is 0 Å². The first kappa shape index (κ1) is 28.3. The molecule has 0 spiro atoms. The highest BCUT2D eigenvalue weighted by atomic mass is 19.4. The van der Waals surface area contributed by atoms with Crippen LogP contribution in [0.2, 0.25) is 0 Å². The van der Waals surface area contributed by atoms with E-state index in [-0.39, 0.29) is 36.2 Å². The lowest BCUT2D eigenvalue weighted by Crippen LogP contribution is -2.56. The van der Waals surface area contributed by atoms with Crippen molar-refractivity contribution in [2.75, 3.05) is 0 Å². The molecule has 3 aliphatic rings. The first-order valence-corrected chi connectivity index (χ1v) is 12.7. The molecule has 0 aromatic heterocycles. The van der Waals surface area contributed by atoms with Gasteiger partial charge in [0.2, 0.25) is 0 Å². The molecule has 0 aliphatic heterocycles. The van der Waals surface area contributed by atoms with Gasteiger partial charge in [-0.05, 0) is 93.0 Å². The van der Waals surface area contributed by atoms with Gasteiger partial charge in [0, 0.05) is 0 Å². The maximum absolute atomic E-state index is 13.0. The summed E-state index contributed by atoms with van der Waals surface area (Å²) >= 11 is 0. The highest BCUT2D eigenvalue weighted by molar-refractivity contribution is 5.36.